The Morgan fingerprint density at radius 2 is 2.05 bits per heavy atom. The second kappa shape index (κ2) is 5.69. The fourth-order valence-electron chi connectivity index (χ4n) is 3.06. The molecule has 0 bridgehead atoms. The number of phenols is 2. The first-order chi connectivity index (χ1) is 10.4. The number of benzene rings is 1. The van der Waals surface area contributed by atoms with Crippen molar-refractivity contribution in [3.05, 3.63) is 23.8 Å². The monoisotopic (exact) mass is 328 g/mol. The summed E-state index contributed by atoms with van der Waals surface area (Å²) < 4.78 is 31.2. The van der Waals surface area contributed by atoms with Gasteiger partial charge in [-0.15, -0.1) is 0 Å². The molecule has 0 spiro atoms. The number of fused-ring (bicyclic) bond motifs is 1. The van der Waals surface area contributed by atoms with Gasteiger partial charge in [-0.25, -0.2) is 8.42 Å². The first-order valence-electron chi connectivity index (χ1n) is 7.17. The lowest BCUT2D eigenvalue weighted by molar-refractivity contribution is 0.0500. The number of likely N-dealkylation sites (N-methyl/N-ethyl adjacent to an activating group) is 1. The molecule has 1 aromatic carbocycles. The van der Waals surface area contributed by atoms with E-state index in [0.29, 0.717) is 19.6 Å². The minimum absolute atomic E-state index is 0.0301. The number of hydrogen-bond donors (Lipinski definition) is 2. The van der Waals surface area contributed by atoms with Gasteiger partial charge in [-0.3, -0.25) is 4.90 Å². The Labute approximate surface area is 129 Å². The molecule has 2 heterocycles. The van der Waals surface area contributed by atoms with Crippen LogP contribution in [-0.4, -0.2) is 72.5 Å². The van der Waals surface area contributed by atoms with E-state index >= 15 is 0 Å². The molecule has 0 radical (unpaired) electrons. The van der Waals surface area contributed by atoms with Crippen LogP contribution in [-0.2, 0) is 21.3 Å². The van der Waals surface area contributed by atoms with Crippen LogP contribution in [0, 0.1) is 0 Å². The first-order valence-corrected chi connectivity index (χ1v) is 8.78. The van der Waals surface area contributed by atoms with Gasteiger partial charge in [0.05, 0.1) is 24.5 Å². The lowest BCUT2D eigenvalue weighted by Crippen LogP contribution is -2.43. The van der Waals surface area contributed by atoms with Gasteiger partial charge < -0.3 is 14.9 Å². The van der Waals surface area contributed by atoms with Gasteiger partial charge in [-0.05, 0) is 17.7 Å². The molecule has 0 unspecified atom stereocenters. The third-order valence-corrected chi connectivity index (χ3v) is 6.17. The quantitative estimate of drug-likeness (QED) is 0.740. The largest absolute Gasteiger partial charge is 0.504 e. The zero-order valence-corrected chi connectivity index (χ0v) is 13.2. The molecule has 2 atom stereocenters. The molecule has 0 aromatic heterocycles. The molecule has 8 heteroatoms. The number of phenolic OH excluding ortho intramolecular Hbond substituents is 2. The van der Waals surface area contributed by atoms with E-state index in [1.807, 2.05) is 0 Å². The SMILES string of the molecule is CN1[C@@H]2CN(Cc3ccc(O)c(O)c3)C[C@@H]2OCCS1(=O)=O. The summed E-state index contributed by atoms with van der Waals surface area (Å²) in [6, 6.07) is 4.53. The van der Waals surface area contributed by atoms with E-state index < -0.39 is 10.0 Å². The van der Waals surface area contributed by atoms with Crippen molar-refractivity contribution in [2.24, 2.45) is 0 Å². The topological polar surface area (TPSA) is 90.3 Å². The molecule has 3 rings (SSSR count). The Kier molecular flexibility index (Phi) is 4.02. The number of ether oxygens (including phenoxy) is 1. The summed E-state index contributed by atoms with van der Waals surface area (Å²) in [5, 5.41) is 18.9. The van der Waals surface area contributed by atoms with Gasteiger partial charge >= 0.3 is 0 Å². The minimum Gasteiger partial charge on any atom is -0.504 e. The summed E-state index contributed by atoms with van der Waals surface area (Å²) in [4.78, 5) is 2.10. The van der Waals surface area contributed by atoms with E-state index in [2.05, 4.69) is 4.90 Å². The molecule has 22 heavy (non-hydrogen) atoms. The molecule has 7 nitrogen and oxygen atoms in total. The van der Waals surface area contributed by atoms with Crippen LogP contribution in [0.15, 0.2) is 18.2 Å². The van der Waals surface area contributed by atoms with Gasteiger partial charge in [-0.2, -0.15) is 4.31 Å². The smallest absolute Gasteiger partial charge is 0.216 e. The van der Waals surface area contributed by atoms with Crippen molar-refractivity contribution >= 4 is 10.0 Å². The Morgan fingerprint density at radius 1 is 1.27 bits per heavy atom. The van der Waals surface area contributed by atoms with Crippen molar-refractivity contribution in [1.29, 1.82) is 0 Å². The highest BCUT2D eigenvalue weighted by Gasteiger charge is 2.42. The molecular weight excluding hydrogens is 308 g/mol. The van der Waals surface area contributed by atoms with Gasteiger partial charge in [0.2, 0.25) is 10.0 Å². The summed E-state index contributed by atoms with van der Waals surface area (Å²) in [7, 11) is -1.64. The van der Waals surface area contributed by atoms with Gasteiger partial charge in [0, 0.05) is 26.7 Å². The Bertz CT molecular complexity index is 663. The molecule has 2 aliphatic heterocycles. The van der Waals surface area contributed by atoms with Crippen molar-refractivity contribution in [2.75, 3.05) is 32.5 Å². The number of aromatic hydroxyl groups is 2. The maximum Gasteiger partial charge on any atom is 0.216 e. The summed E-state index contributed by atoms with van der Waals surface area (Å²) in [5.74, 6) is -0.270. The highest BCUT2D eigenvalue weighted by atomic mass is 32.2. The minimum atomic E-state index is -3.25. The fourth-order valence-corrected chi connectivity index (χ4v) is 4.27. The number of nitrogens with zero attached hydrogens (tertiary/aromatic N) is 2. The second-order valence-corrected chi connectivity index (χ2v) is 7.97. The molecule has 2 fully saturated rings. The normalized spacial score (nSPS) is 29.1. The molecule has 122 valence electrons. The molecule has 2 saturated heterocycles. The number of likely N-dealkylation sites (tertiary alicyclic amines) is 1. The molecular formula is C14H20N2O5S. The standard InChI is InChI=1S/C14H20N2O5S/c1-15-11-8-16(7-10-2-3-12(17)13(18)6-10)9-14(11)21-4-5-22(15,19)20/h2-3,6,11,14,17-18H,4-5,7-9H2,1H3/t11-,14+/m1/s1. The van der Waals surface area contributed by atoms with Gasteiger partial charge in [0.1, 0.15) is 0 Å². The van der Waals surface area contributed by atoms with Crippen LogP contribution in [0.4, 0.5) is 0 Å². The number of rotatable bonds is 2. The van der Waals surface area contributed by atoms with Crippen LogP contribution in [0.3, 0.4) is 0 Å². The average molecular weight is 328 g/mol. The van der Waals surface area contributed by atoms with E-state index in [1.165, 1.54) is 16.4 Å². The maximum atomic E-state index is 12.1. The van der Waals surface area contributed by atoms with Crippen molar-refractivity contribution in [3.63, 3.8) is 0 Å². The van der Waals surface area contributed by atoms with E-state index in [4.69, 9.17) is 4.74 Å². The third kappa shape index (κ3) is 2.91. The Morgan fingerprint density at radius 3 is 2.77 bits per heavy atom. The van der Waals surface area contributed by atoms with Gasteiger partial charge in [-0.1, -0.05) is 6.07 Å². The number of hydrogen-bond acceptors (Lipinski definition) is 6. The molecule has 0 aliphatic carbocycles. The van der Waals surface area contributed by atoms with Crippen molar-refractivity contribution in [1.82, 2.24) is 9.21 Å². The van der Waals surface area contributed by atoms with Crippen LogP contribution >= 0.6 is 0 Å². The Hall–Kier alpha value is -1.35. The summed E-state index contributed by atoms with van der Waals surface area (Å²) in [6.45, 7) is 2.02. The van der Waals surface area contributed by atoms with E-state index in [0.717, 1.165) is 5.56 Å². The summed E-state index contributed by atoms with van der Waals surface area (Å²) in [6.07, 6.45) is -0.131. The van der Waals surface area contributed by atoms with E-state index in [-0.39, 0.29) is 36.0 Å². The first kappa shape index (κ1) is 15.5. The molecule has 1 aromatic rings. The molecule has 0 saturated carbocycles. The van der Waals surface area contributed by atoms with Crippen molar-refractivity contribution in [3.8, 4) is 11.5 Å². The van der Waals surface area contributed by atoms with Crippen LogP contribution in [0.25, 0.3) is 0 Å². The molecule has 0 amide bonds. The Balaban J connectivity index is 1.72. The van der Waals surface area contributed by atoms with Gasteiger partial charge in [0.15, 0.2) is 11.5 Å². The lowest BCUT2D eigenvalue weighted by atomic mass is 10.2. The third-order valence-electron chi connectivity index (χ3n) is 4.34. The van der Waals surface area contributed by atoms with Gasteiger partial charge in [0.25, 0.3) is 0 Å². The highest BCUT2D eigenvalue weighted by Crippen LogP contribution is 2.28. The maximum absolute atomic E-state index is 12.1. The number of sulfonamides is 1. The predicted molar refractivity (Wildman–Crippen MR) is 80.1 cm³/mol. The van der Waals surface area contributed by atoms with Crippen LogP contribution in [0.1, 0.15) is 5.56 Å². The van der Waals surface area contributed by atoms with Crippen LogP contribution in [0.5, 0.6) is 11.5 Å². The second-order valence-electron chi connectivity index (χ2n) is 5.83. The van der Waals surface area contributed by atoms with Crippen LogP contribution < -0.4 is 0 Å². The zero-order valence-electron chi connectivity index (χ0n) is 12.3. The van der Waals surface area contributed by atoms with Crippen molar-refractivity contribution < 1.29 is 23.4 Å². The lowest BCUT2D eigenvalue weighted by Gasteiger charge is -2.24. The summed E-state index contributed by atoms with van der Waals surface area (Å²) >= 11 is 0. The molecule has 2 aliphatic rings. The predicted octanol–water partition coefficient (Wildman–Crippen LogP) is -0.0576. The highest BCUT2D eigenvalue weighted by molar-refractivity contribution is 7.89. The van der Waals surface area contributed by atoms with Crippen LogP contribution in [0.2, 0.25) is 0 Å². The average Bonchev–Trinajstić information content (AvgIpc) is 2.80. The fraction of sp³-hybridized carbons (Fsp3) is 0.571. The van der Waals surface area contributed by atoms with E-state index in [1.54, 1.807) is 13.1 Å². The van der Waals surface area contributed by atoms with Crippen molar-refractivity contribution in [2.45, 2.75) is 18.7 Å². The molecule has 2 N–H and O–H groups in total. The van der Waals surface area contributed by atoms with E-state index in [9.17, 15) is 18.6 Å². The zero-order chi connectivity index (χ0) is 15.9. The summed E-state index contributed by atoms with van der Waals surface area (Å²) in [5.41, 5.74) is 0.859.